The molecule has 22 heavy (non-hydrogen) atoms. The van der Waals surface area contributed by atoms with E-state index >= 15 is 0 Å². The first kappa shape index (κ1) is 17.4. The van der Waals surface area contributed by atoms with Gasteiger partial charge in [-0.05, 0) is 36.8 Å². The largest absolute Gasteiger partial charge is 0.523 e. The Balaban J connectivity index is 2.24. The number of alkyl halides is 3. The zero-order valence-electron chi connectivity index (χ0n) is 12.0. The highest BCUT2D eigenvalue weighted by Gasteiger charge is 2.51. The van der Waals surface area contributed by atoms with Crippen LogP contribution in [-0.4, -0.2) is 25.4 Å². The van der Waals surface area contributed by atoms with Gasteiger partial charge in [-0.25, -0.2) is 3.63 Å². The van der Waals surface area contributed by atoms with Crippen LogP contribution in [0, 0.1) is 6.92 Å². The Kier molecular flexibility index (Phi) is 4.93. The van der Waals surface area contributed by atoms with Crippen molar-refractivity contribution in [3.05, 3.63) is 40.8 Å². The van der Waals surface area contributed by atoms with E-state index in [0.717, 1.165) is 11.1 Å². The van der Waals surface area contributed by atoms with Gasteiger partial charge in [0.15, 0.2) is 0 Å². The van der Waals surface area contributed by atoms with Crippen molar-refractivity contribution >= 4 is 26.5 Å². The molecule has 0 aliphatic carbocycles. The smallest absolute Gasteiger partial charge is 0.209 e. The first-order valence-electron chi connectivity index (χ1n) is 6.69. The molecule has 0 N–H and O–H groups in total. The lowest BCUT2D eigenvalue weighted by atomic mass is 10.2. The van der Waals surface area contributed by atoms with E-state index in [9.17, 15) is 21.6 Å². The topological polar surface area (TPSA) is 43.4 Å². The van der Waals surface area contributed by atoms with E-state index in [-0.39, 0.29) is 0 Å². The molecule has 1 aromatic rings. The SMILES string of the molecule is Cc1ccc(/C=C/S2(OS(=O)(=O)C(F)(F)F)CCCC2)cc1. The lowest BCUT2D eigenvalue weighted by molar-refractivity contribution is -0.0495. The summed E-state index contributed by atoms with van der Waals surface area (Å²) in [5, 5.41) is 1.52. The molecular formula is C14H17F3O3S2. The van der Waals surface area contributed by atoms with Crippen LogP contribution in [0.5, 0.6) is 0 Å². The van der Waals surface area contributed by atoms with Crippen molar-refractivity contribution in [3.8, 4) is 0 Å². The van der Waals surface area contributed by atoms with Crippen LogP contribution >= 0.6 is 10.3 Å². The lowest BCUT2D eigenvalue weighted by Gasteiger charge is -2.30. The summed E-state index contributed by atoms with van der Waals surface area (Å²) in [6.45, 7) is 1.93. The van der Waals surface area contributed by atoms with E-state index in [1.54, 1.807) is 6.08 Å². The van der Waals surface area contributed by atoms with Gasteiger partial charge in [-0.15, -0.1) is 0 Å². The van der Waals surface area contributed by atoms with Gasteiger partial charge in [0.05, 0.1) is 0 Å². The summed E-state index contributed by atoms with van der Waals surface area (Å²) in [5.74, 6) is 0.676. The van der Waals surface area contributed by atoms with Crippen molar-refractivity contribution in [1.29, 1.82) is 0 Å². The molecule has 2 rings (SSSR count). The molecule has 0 unspecified atom stereocenters. The molecule has 1 aliphatic rings. The molecule has 0 aromatic heterocycles. The second-order valence-electron chi connectivity index (χ2n) is 5.17. The Morgan fingerprint density at radius 2 is 1.68 bits per heavy atom. The predicted octanol–water partition coefficient (Wildman–Crippen LogP) is 4.35. The van der Waals surface area contributed by atoms with Crippen LogP contribution in [0.2, 0.25) is 0 Å². The van der Waals surface area contributed by atoms with Crippen molar-refractivity contribution in [2.45, 2.75) is 25.3 Å². The van der Waals surface area contributed by atoms with E-state index in [1.807, 2.05) is 31.2 Å². The summed E-state index contributed by atoms with van der Waals surface area (Å²) >= 11 is 0. The minimum absolute atomic E-state index is 0.338. The maximum absolute atomic E-state index is 12.5. The van der Waals surface area contributed by atoms with Gasteiger partial charge in [0.2, 0.25) is 0 Å². The van der Waals surface area contributed by atoms with Crippen LogP contribution in [0.4, 0.5) is 13.2 Å². The second-order valence-corrected chi connectivity index (χ2v) is 9.91. The van der Waals surface area contributed by atoms with Crippen molar-refractivity contribution < 1.29 is 25.2 Å². The molecule has 0 radical (unpaired) electrons. The molecule has 1 fully saturated rings. The summed E-state index contributed by atoms with van der Waals surface area (Å²) in [6, 6.07) is 7.41. The predicted molar refractivity (Wildman–Crippen MR) is 82.8 cm³/mol. The monoisotopic (exact) mass is 354 g/mol. The van der Waals surface area contributed by atoms with Crippen molar-refractivity contribution in [1.82, 2.24) is 0 Å². The zero-order chi connectivity index (χ0) is 16.4. The van der Waals surface area contributed by atoms with E-state index in [0.29, 0.717) is 24.3 Å². The fourth-order valence-corrected chi connectivity index (χ4v) is 6.85. The number of rotatable bonds is 4. The van der Waals surface area contributed by atoms with Gasteiger partial charge in [0.25, 0.3) is 0 Å². The average Bonchev–Trinajstić information content (AvgIpc) is 2.85. The molecule has 0 atom stereocenters. The van der Waals surface area contributed by atoms with Gasteiger partial charge in [-0.3, -0.25) is 0 Å². The number of halogens is 3. The van der Waals surface area contributed by atoms with E-state index < -0.39 is 25.9 Å². The molecule has 0 amide bonds. The third-order valence-corrected chi connectivity index (χ3v) is 8.28. The van der Waals surface area contributed by atoms with Crippen LogP contribution in [0.3, 0.4) is 0 Å². The van der Waals surface area contributed by atoms with Gasteiger partial charge in [-0.1, -0.05) is 40.1 Å². The molecule has 1 saturated heterocycles. The minimum atomic E-state index is -5.56. The van der Waals surface area contributed by atoms with Crippen molar-refractivity contribution in [3.63, 3.8) is 0 Å². The number of hydrogen-bond acceptors (Lipinski definition) is 3. The van der Waals surface area contributed by atoms with Crippen LogP contribution in [0.25, 0.3) is 6.08 Å². The maximum atomic E-state index is 12.5. The molecule has 1 heterocycles. The molecule has 124 valence electrons. The number of hydrogen-bond donors (Lipinski definition) is 0. The number of aryl methyl sites for hydroxylation is 1. The summed E-state index contributed by atoms with van der Waals surface area (Å²) in [4.78, 5) is 0. The molecule has 8 heteroatoms. The fraction of sp³-hybridized carbons (Fsp3) is 0.429. The number of benzene rings is 1. The Labute approximate surface area is 129 Å². The first-order chi connectivity index (χ1) is 10.1. The Bertz CT molecular complexity index is 643. The van der Waals surface area contributed by atoms with Gasteiger partial charge in [0, 0.05) is 11.5 Å². The molecular weight excluding hydrogens is 337 g/mol. The summed E-state index contributed by atoms with van der Waals surface area (Å²) in [5.41, 5.74) is -3.51. The molecule has 0 bridgehead atoms. The summed E-state index contributed by atoms with van der Waals surface area (Å²) in [6.07, 6.45) is 2.98. The highest BCUT2D eigenvalue weighted by atomic mass is 32.3. The Hall–Kier alpha value is -0.990. The summed E-state index contributed by atoms with van der Waals surface area (Å²) < 4.78 is 64.9. The van der Waals surface area contributed by atoms with Gasteiger partial charge >= 0.3 is 15.6 Å². The molecule has 1 aromatic carbocycles. The summed E-state index contributed by atoms with van der Waals surface area (Å²) in [7, 11) is -7.96. The zero-order valence-corrected chi connectivity index (χ0v) is 13.6. The van der Waals surface area contributed by atoms with Crippen LogP contribution < -0.4 is 0 Å². The van der Waals surface area contributed by atoms with Crippen LogP contribution in [0.15, 0.2) is 29.7 Å². The van der Waals surface area contributed by atoms with Crippen LogP contribution in [-0.2, 0) is 13.7 Å². The van der Waals surface area contributed by atoms with Crippen molar-refractivity contribution in [2.24, 2.45) is 0 Å². The maximum Gasteiger partial charge on any atom is 0.523 e. The van der Waals surface area contributed by atoms with E-state index in [1.165, 1.54) is 5.41 Å². The van der Waals surface area contributed by atoms with Crippen molar-refractivity contribution in [2.75, 3.05) is 11.5 Å². The first-order valence-corrected chi connectivity index (χ1v) is 10.1. The van der Waals surface area contributed by atoms with Crippen LogP contribution in [0.1, 0.15) is 24.0 Å². The van der Waals surface area contributed by atoms with Gasteiger partial charge < -0.3 is 0 Å². The van der Waals surface area contributed by atoms with Gasteiger partial charge in [0.1, 0.15) is 0 Å². The Morgan fingerprint density at radius 1 is 1.14 bits per heavy atom. The minimum Gasteiger partial charge on any atom is -0.209 e. The standard InChI is InChI=1S/C14H17F3O3S2/c1-12-4-6-13(7-5-12)8-11-21(9-2-3-10-21)20-22(18,19)14(15,16)17/h4-8,11H,2-3,9-10H2,1H3/b11-8+. The van der Waals surface area contributed by atoms with Gasteiger partial charge in [-0.2, -0.15) is 21.6 Å². The second kappa shape index (κ2) is 6.25. The van der Waals surface area contributed by atoms with E-state index in [2.05, 4.69) is 3.63 Å². The highest BCUT2D eigenvalue weighted by molar-refractivity contribution is 8.35. The fourth-order valence-electron chi connectivity index (χ4n) is 2.12. The normalized spacial score (nSPS) is 20.4. The quantitative estimate of drug-likeness (QED) is 0.755. The Morgan fingerprint density at radius 3 is 2.18 bits per heavy atom. The molecule has 0 saturated carbocycles. The molecule has 1 aliphatic heterocycles. The highest BCUT2D eigenvalue weighted by Crippen LogP contribution is 2.59. The average molecular weight is 354 g/mol. The van der Waals surface area contributed by atoms with E-state index in [4.69, 9.17) is 0 Å². The third kappa shape index (κ3) is 4.05. The molecule has 0 spiro atoms. The third-order valence-electron chi connectivity index (χ3n) is 3.32. The molecule has 3 nitrogen and oxygen atoms in total. The lowest BCUT2D eigenvalue weighted by Crippen LogP contribution is -2.27.